The van der Waals surface area contributed by atoms with Crippen LogP contribution >= 0.6 is 0 Å². The third-order valence-electron chi connectivity index (χ3n) is 4.18. The molecule has 142 valence electrons. The Kier molecular flexibility index (Phi) is 8.05. The number of carboxylic acid groups (broad SMARTS) is 1. The molecule has 0 aliphatic rings. The lowest BCUT2D eigenvalue weighted by molar-refractivity contribution is 0.0696. The lowest BCUT2D eigenvalue weighted by Gasteiger charge is -2.27. The van der Waals surface area contributed by atoms with Gasteiger partial charge < -0.3 is 10.0 Å². The van der Waals surface area contributed by atoms with E-state index in [9.17, 15) is 18.3 Å². The molecule has 0 unspecified atom stereocenters. The van der Waals surface area contributed by atoms with Crippen molar-refractivity contribution in [1.82, 2.24) is 9.21 Å². The van der Waals surface area contributed by atoms with Crippen LogP contribution in [0.2, 0.25) is 0 Å². The molecule has 7 heteroatoms. The van der Waals surface area contributed by atoms with Gasteiger partial charge in [-0.2, -0.15) is 4.31 Å². The standard InChI is InChI=1S/C18H30N2O4S/c1-6-19(7-2)10-11-20(13-14(3)4)25(23,24)17-12-16(18(21)22)9-8-15(17)5/h8-9,12,14H,6-7,10-11,13H2,1-5H3,(H,21,22). The van der Waals surface area contributed by atoms with E-state index in [-0.39, 0.29) is 16.4 Å². The van der Waals surface area contributed by atoms with Crippen molar-refractivity contribution >= 4 is 16.0 Å². The molecule has 0 radical (unpaired) electrons. The normalized spacial score (nSPS) is 12.3. The molecule has 0 fully saturated rings. The largest absolute Gasteiger partial charge is 0.478 e. The van der Waals surface area contributed by atoms with Crippen molar-refractivity contribution < 1.29 is 18.3 Å². The molecule has 0 aromatic heterocycles. The maximum absolute atomic E-state index is 13.2. The summed E-state index contributed by atoms with van der Waals surface area (Å²) in [6.07, 6.45) is 0. The van der Waals surface area contributed by atoms with Crippen molar-refractivity contribution in [2.75, 3.05) is 32.7 Å². The predicted molar refractivity (Wildman–Crippen MR) is 99.5 cm³/mol. The van der Waals surface area contributed by atoms with Crippen LogP contribution in [0.5, 0.6) is 0 Å². The molecule has 1 rings (SSSR count). The molecule has 0 saturated heterocycles. The van der Waals surface area contributed by atoms with Crippen LogP contribution < -0.4 is 0 Å². The summed E-state index contributed by atoms with van der Waals surface area (Å²) in [7, 11) is -3.75. The van der Waals surface area contributed by atoms with Gasteiger partial charge in [0.15, 0.2) is 0 Å². The van der Waals surface area contributed by atoms with Gasteiger partial charge in [0.2, 0.25) is 10.0 Å². The van der Waals surface area contributed by atoms with Crippen LogP contribution in [0.4, 0.5) is 0 Å². The minimum absolute atomic E-state index is 0.0163. The fourth-order valence-corrected chi connectivity index (χ4v) is 4.51. The van der Waals surface area contributed by atoms with Gasteiger partial charge >= 0.3 is 5.97 Å². The number of aryl methyl sites for hydroxylation is 1. The number of aromatic carboxylic acids is 1. The van der Waals surface area contributed by atoms with E-state index in [4.69, 9.17) is 0 Å². The minimum atomic E-state index is -3.75. The average molecular weight is 371 g/mol. The molecule has 1 aromatic rings. The first-order chi connectivity index (χ1) is 11.6. The third-order valence-corrected chi connectivity index (χ3v) is 6.19. The third kappa shape index (κ3) is 5.80. The monoisotopic (exact) mass is 370 g/mol. The Morgan fingerprint density at radius 2 is 1.76 bits per heavy atom. The fourth-order valence-electron chi connectivity index (χ4n) is 2.66. The zero-order chi connectivity index (χ0) is 19.2. The van der Waals surface area contributed by atoms with Gasteiger partial charge in [-0.1, -0.05) is 33.8 Å². The highest BCUT2D eigenvalue weighted by atomic mass is 32.2. The van der Waals surface area contributed by atoms with Crippen molar-refractivity contribution in [3.05, 3.63) is 29.3 Å². The van der Waals surface area contributed by atoms with Crippen LogP contribution in [0.3, 0.4) is 0 Å². The van der Waals surface area contributed by atoms with Crippen LogP contribution in [-0.4, -0.2) is 61.4 Å². The molecule has 1 N–H and O–H groups in total. The second-order valence-corrected chi connectivity index (χ2v) is 8.48. The summed E-state index contributed by atoms with van der Waals surface area (Å²) in [5.74, 6) is -0.954. The number of benzene rings is 1. The van der Waals surface area contributed by atoms with Gasteiger partial charge in [-0.05, 0) is 43.6 Å². The van der Waals surface area contributed by atoms with E-state index >= 15 is 0 Å². The molecule has 0 atom stereocenters. The van der Waals surface area contributed by atoms with Gasteiger partial charge in [0.05, 0.1) is 10.5 Å². The van der Waals surface area contributed by atoms with E-state index in [1.54, 1.807) is 13.0 Å². The Bertz CT molecular complexity index is 682. The van der Waals surface area contributed by atoms with Gasteiger partial charge in [0.1, 0.15) is 0 Å². The van der Waals surface area contributed by atoms with Gasteiger partial charge in [-0.3, -0.25) is 0 Å². The SMILES string of the molecule is CCN(CC)CCN(CC(C)C)S(=O)(=O)c1cc(C(=O)O)ccc1C. The Morgan fingerprint density at radius 3 is 2.24 bits per heavy atom. The van der Waals surface area contributed by atoms with Gasteiger partial charge in [-0.25, -0.2) is 13.2 Å². The van der Waals surface area contributed by atoms with Crippen LogP contribution in [0.25, 0.3) is 0 Å². The van der Waals surface area contributed by atoms with E-state index in [0.717, 1.165) is 13.1 Å². The van der Waals surface area contributed by atoms with Crippen molar-refractivity contribution in [1.29, 1.82) is 0 Å². The molecule has 25 heavy (non-hydrogen) atoms. The van der Waals surface area contributed by atoms with Crippen LogP contribution in [0.1, 0.15) is 43.6 Å². The second-order valence-electron chi connectivity index (χ2n) is 6.57. The zero-order valence-corrected chi connectivity index (χ0v) is 16.6. The van der Waals surface area contributed by atoms with Crippen LogP contribution in [0, 0.1) is 12.8 Å². The molecule has 6 nitrogen and oxygen atoms in total. The van der Waals surface area contributed by atoms with Crippen molar-refractivity contribution in [2.24, 2.45) is 5.92 Å². The first-order valence-corrected chi connectivity index (χ1v) is 10.1. The van der Waals surface area contributed by atoms with Crippen LogP contribution in [-0.2, 0) is 10.0 Å². The number of carbonyl (C=O) groups is 1. The molecular weight excluding hydrogens is 340 g/mol. The molecule has 0 saturated carbocycles. The molecular formula is C18H30N2O4S. The minimum Gasteiger partial charge on any atom is -0.478 e. The number of likely N-dealkylation sites (N-methyl/N-ethyl adjacent to an activating group) is 1. The Hall–Kier alpha value is -1.44. The molecule has 0 aliphatic heterocycles. The molecule has 0 spiro atoms. The highest BCUT2D eigenvalue weighted by Crippen LogP contribution is 2.22. The van der Waals surface area contributed by atoms with Gasteiger partial charge in [0.25, 0.3) is 0 Å². The summed E-state index contributed by atoms with van der Waals surface area (Å²) in [4.78, 5) is 13.5. The molecule has 0 amide bonds. The summed E-state index contributed by atoms with van der Waals surface area (Å²) in [5.41, 5.74) is 0.541. The summed E-state index contributed by atoms with van der Waals surface area (Å²) in [6.45, 7) is 12.9. The molecule has 0 bridgehead atoms. The first kappa shape index (κ1) is 21.6. The maximum Gasteiger partial charge on any atom is 0.335 e. The smallest absolute Gasteiger partial charge is 0.335 e. The highest BCUT2D eigenvalue weighted by molar-refractivity contribution is 7.89. The number of nitrogens with zero attached hydrogens (tertiary/aromatic N) is 2. The summed E-state index contributed by atoms with van der Waals surface area (Å²) < 4.78 is 27.8. The molecule has 0 aliphatic carbocycles. The average Bonchev–Trinajstić information content (AvgIpc) is 2.54. The lowest BCUT2D eigenvalue weighted by Crippen LogP contribution is -2.40. The number of hydrogen-bond donors (Lipinski definition) is 1. The summed E-state index contributed by atoms with van der Waals surface area (Å²) >= 11 is 0. The zero-order valence-electron chi connectivity index (χ0n) is 15.8. The quantitative estimate of drug-likeness (QED) is 0.685. The molecule has 1 aromatic carbocycles. The number of rotatable bonds is 10. The summed E-state index contributed by atoms with van der Waals surface area (Å²) in [6, 6.07) is 4.24. The summed E-state index contributed by atoms with van der Waals surface area (Å²) in [5, 5.41) is 9.17. The van der Waals surface area contributed by atoms with E-state index in [1.165, 1.54) is 16.4 Å². The van der Waals surface area contributed by atoms with Gasteiger partial charge in [0, 0.05) is 19.6 Å². The van der Waals surface area contributed by atoms with Crippen molar-refractivity contribution in [3.8, 4) is 0 Å². The fraction of sp³-hybridized carbons (Fsp3) is 0.611. The number of carboxylic acids is 1. The topological polar surface area (TPSA) is 77.9 Å². The maximum atomic E-state index is 13.2. The van der Waals surface area contributed by atoms with E-state index in [2.05, 4.69) is 4.90 Å². The van der Waals surface area contributed by atoms with Crippen LogP contribution in [0.15, 0.2) is 23.1 Å². The van der Waals surface area contributed by atoms with E-state index in [1.807, 2.05) is 27.7 Å². The lowest BCUT2D eigenvalue weighted by atomic mass is 10.1. The van der Waals surface area contributed by atoms with Crippen molar-refractivity contribution in [3.63, 3.8) is 0 Å². The number of sulfonamides is 1. The Morgan fingerprint density at radius 1 is 1.16 bits per heavy atom. The Labute approximate surface area is 151 Å². The van der Waals surface area contributed by atoms with E-state index in [0.29, 0.717) is 25.2 Å². The van der Waals surface area contributed by atoms with E-state index < -0.39 is 16.0 Å². The van der Waals surface area contributed by atoms with Gasteiger partial charge in [-0.15, -0.1) is 0 Å². The predicted octanol–water partition coefficient (Wildman–Crippen LogP) is 2.68. The first-order valence-electron chi connectivity index (χ1n) is 8.69. The molecule has 0 heterocycles. The Balaban J connectivity index is 3.22. The number of hydrogen-bond acceptors (Lipinski definition) is 4. The second kappa shape index (κ2) is 9.31. The van der Waals surface area contributed by atoms with Crippen molar-refractivity contribution in [2.45, 2.75) is 39.5 Å². The highest BCUT2D eigenvalue weighted by Gasteiger charge is 2.27.